The lowest BCUT2D eigenvalue weighted by Gasteiger charge is -2.43. The number of aliphatic hydroxyl groups excluding tert-OH is 1. The molecule has 1 saturated heterocycles. The molecule has 0 radical (unpaired) electrons. The van der Waals surface area contributed by atoms with Crippen molar-refractivity contribution >= 4 is 18.7 Å². The fourth-order valence-corrected chi connectivity index (χ4v) is 9.15. The minimum Gasteiger partial charge on any atom is -0.405 e. The molecule has 1 heterocycles. The molecule has 6 heteroatoms. The van der Waals surface area contributed by atoms with Crippen LogP contribution in [0.25, 0.3) is 0 Å². The maximum Gasteiger partial charge on any atom is 0.261 e. The molecule has 1 unspecified atom stereocenters. The third-order valence-corrected chi connectivity index (χ3v) is 10.9. The Balaban J connectivity index is 1.97. The molecule has 31 heavy (non-hydrogen) atoms. The maximum absolute atomic E-state index is 10.1. The molecule has 0 amide bonds. The largest absolute Gasteiger partial charge is 0.405 e. The lowest BCUT2D eigenvalue weighted by Crippen LogP contribution is -2.67. The summed E-state index contributed by atoms with van der Waals surface area (Å²) in [6, 6.07) is 21.1. The number of hydrogen-bond acceptors (Lipinski definition) is 5. The van der Waals surface area contributed by atoms with Gasteiger partial charge in [-0.1, -0.05) is 81.4 Å². The van der Waals surface area contributed by atoms with E-state index in [1.54, 1.807) is 0 Å². The lowest BCUT2D eigenvalue weighted by atomic mass is 10.1. The molecule has 3 N–H and O–H groups in total. The Bertz CT molecular complexity index is 783. The van der Waals surface area contributed by atoms with Crippen LogP contribution in [0, 0.1) is 0 Å². The van der Waals surface area contributed by atoms with Crippen molar-refractivity contribution in [2.24, 2.45) is 5.73 Å². The van der Waals surface area contributed by atoms with Crippen LogP contribution >= 0.6 is 0 Å². The predicted molar refractivity (Wildman–Crippen MR) is 127 cm³/mol. The number of benzene rings is 2. The molecule has 0 bridgehead atoms. The molecule has 0 aliphatic carbocycles. The molecule has 5 nitrogen and oxygen atoms in total. The second kappa shape index (κ2) is 9.53. The zero-order valence-corrected chi connectivity index (χ0v) is 20.4. The van der Waals surface area contributed by atoms with Crippen LogP contribution < -0.4 is 16.1 Å². The van der Waals surface area contributed by atoms with E-state index in [4.69, 9.17) is 19.6 Å². The number of hydrogen-bond donors (Lipinski definition) is 2. The summed E-state index contributed by atoms with van der Waals surface area (Å²) in [4.78, 5) is 0. The molecule has 1 aliphatic heterocycles. The third kappa shape index (κ3) is 5.27. The highest BCUT2D eigenvalue weighted by Gasteiger charge is 2.52. The molecule has 170 valence electrons. The highest BCUT2D eigenvalue weighted by atomic mass is 28.4. The average molecular weight is 444 g/mol. The van der Waals surface area contributed by atoms with Gasteiger partial charge in [0.25, 0.3) is 8.32 Å². The molecule has 2 aromatic rings. The van der Waals surface area contributed by atoms with E-state index in [9.17, 15) is 5.11 Å². The van der Waals surface area contributed by atoms with Crippen LogP contribution in [0.4, 0.5) is 0 Å². The molecule has 2 aromatic carbocycles. The van der Waals surface area contributed by atoms with Gasteiger partial charge in [-0.15, -0.1) is 0 Å². The molecule has 0 spiro atoms. The molecule has 1 fully saturated rings. The van der Waals surface area contributed by atoms with Crippen LogP contribution in [-0.4, -0.2) is 50.7 Å². The van der Waals surface area contributed by atoms with Crippen LogP contribution in [0.5, 0.6) is 0 Å². The Hall–Kier alpha value is -1.54. The van der Waals surface area contributed by atoms with Gasteiger partial charge in [0.05, 0.1) is 18.8 Å². The normalized spacial score (nSPS) is 22.4. The van der Waals surface area contributed by atoms with Gasteiger partial charge < -0.3 is 24.7 Å². The predicted octanol–water partition coefficient (Wildman–Crippen LogP) is 2.79. The van der Waals surface area contributed by atoms with Gasteiger partial charge in [0, 0.05) is 13.0 Å². The second-order valence-corrected chi connectivity index (χ2v) is 14.1. The molecule has 3 rings (SSSR count). The molecular weight excluding hydrogens is 406 g/mol. The summed E-state index contributed by atoms with van der Waals surface area (Å²) < 4.78 is 19.3. The molecule has 3 atom stereocenters. The van der Waals surface area contributed by atoms with Crippen LogP contribution in [-0.2, 0) is 13.9 Å². The first-order valence-electron chi connectivity index (χ1n) is 11.1. The third-order valence-electron chi connectivity index (χ3n) is 5.94. The van der Waals surface area contributed by atoms with Crippen molar-refractivity contribution in [3.8, 4) is 0 Å². The van der Waals surface area contributed by atoms with E-state index in [1.807, 2.05) is 26.0 Å². The quantitative estimate of drug-likeness (QED) is 0.614. The number of ether oxygens (including phenoxy) is 2. The van der Waals surface area contributed by atoms with Crippen molar-refractivity contribution in [3.05, 3.63) is 60.7 Å². The van der Waals surface area contributed by atoms with Crippen molar-refractivity contribution in [1.29, 1.82) is 0 Å². The monoisotopic (exact) mass is 443 g/mol. The fourth-order valence-electron chi connectivity index (χ4n) is 4.58. The maximum atomic E-state index is 10.1. The first-order chi connectivity index (χ1) is 14.6. The molecule has 0 aromatic heterocycles. The Morgan fingerprint density at radius 2 is 1.45 bits per heavy atom. The number of aliphatic hydroxyl groups is 1. The van der Waals surface area contributed by atoms with E-state index in [1.165, 1.54) is 10.4 Å². The summed E-state index contributed by atoms with van der Waals surface area (Å²) in [5.41, 5.74) is 5.64. The SMILES string of the molecule is CC1(C)O[C@@H](CC(O)CN)[C@@H](CO[Si](c2ccccc2)(c2ccccc2)C(C)(C)C)O1. The first kappa shape index (κ1) is 24.1. The smallest absolute Gasteiger partial charge is 0.261 e. The number of nitrogens with two attached hydrogens (primary N) is 1. The van der Waals surface area contributed by atoms with Gasteiger partial charge in [0.2, 0.25) is 0 Å². The standard InChI is InChI=1S/C25H37NO4Si/c1-24(2,3)31(20-12-8-6-9-13-20,21-14-10-7-11-15-21)28-18-23-22(16-19(27)17-26)29-25(4,5)30-23/h6-15,19,22-23,27H,16-18,26H2,1-5H3/t19?,22-,23+/m0/s1. The van der Waals surface area contributed by atoms with E-state index < -0.39 is 20.2 Å². The Morgan fingerprint density at radius 3 is 1.90 bits per heavy atom. The van der Waals surface area contributed by atoms with E-state index >= 15 is 0 Å². The lowest BCUT2D eigenvalue weighted by molar-refractivity contribution is -0.150. The topological polar surface area (TPSA) is 73.9 Å². The van der Waals surface area contributed by atoms with Crippen molar-refractivity contribution in [2.75, 3.05) is 13.2 Å². The van der Waals surface area contributed by atoms with Crippen LogP contribution in [0.3, 0.4) is 0 Å². The minimum absolute atomic E-state index is 0.114. The van der Waals surface area contributed by atoms with Crippen molar-refractivity contribution in [1.82, 2.24) is 0 Å². The zero-order chi connectivity index (χ0) is 22.7. The van der Waals surface area contributed by atoms with E-state index in [0.717, 1.165) is 0 Å². The zero-order valence-electron chi connectivity index (χ0n) is 19.4. The van der Waals surface area contributed by atoms with Crippen molar-refractivity contribution in [3.63, 3.8) is 0 Å². The summed E-state index contributed by atoms with van der Waals surface area (Å²) in [5, 5.41) is 12.5. The van der Waals surface area contributed by atoms with E-state index in [0.29, 0.717) is 13.0 Å². The van der Waals surface area contributed by atoms with Crippen LogP contribution in [0.15, 0.2) is 60.7 Å². The minimum atomic E-state index is -2.66. The van der Waals surface area contributed by atoms with Crippen molar-refractivity contribution < 1.29 is 19.0 Å². The van der Waals surface area contributed by atoms with Gasteiger partial charge in [0.15, 0.2) is 5.79 Å². The Kier molecular flexibility index (Phi) is 7.41. The summed E-state index contributed by atoms with van der Waals surface area (Å²) in [5.74, 6) is -0.724. The Morgan fingerprint density at radius 1 is 0.968 bits per heavy atom. The molecule has 1 aliphatic rings. The van der Waals surface area contributed by atoms with Gasteiger partial charge >= 0.3 is 0 Å². The highest BCUT2D eigenvalue weighted by molar-refractivity contribution is 6.99. The summed E-state index contributed by atoms with van der Waals surface area (Å²) in [7, 11) is -2.66. The fraction of sp³-hybridized carbons (Fsp3) is 0.520. The van der Waals surface area contributed by atoms with Gasteiger partial charge in [-0.3, -0.25) is 0 Å². The summed E-state index contributed by atoms with van der Waals surface area (Å²) in [6.45, 7) is 11.1. The molecular formula is C25H37NO4Si. The second-order valence-electron chi connectivity index (χ2n) is 9.81. The van der Waals surface area contributed by atoms with Crippen LogP contribution in [0.2, 0.25) is 5.04 Å². The van der Waals surface area contributed by atoms with Gasteiger partial charge in [-0.25, -0.2) is 0 Å². The first-order valence-corrected chi connectivity index (χ1v) is 13.0. The van der Waals surface area contributed by atoms with E-state index in [2.05, 4.69) is 69.3 Å². The highest BCUT2D eigenvalue weighted by Crippen LogP contribution is 2.38. The van der Waals surface area contributed by atoms with Crippen molar-refractivity contribution in [2.45, 2.75) is 70.2 Å². The van der Waals surface area contributed by atoms with E-state index in [-0.39, 0.29) is 23.8 Å². The van der Waals surface area contributed by atoms with Gasteiger partial charge in [-0.2, -0.15) is 0 Å². The Labute approximate surface area is 187 Å². The van der Waals surface area contributed by atoms with Crippen LogP contribution in [0.1, 0.15) is 41.0 Å². The summed E-state index contributed by atoms with van der Waals surface area (Å²) >= 11 is 0. The average Bonchev–Trinajstić information content (AvgIpc) is 3.02. The van der Waals surface area contributed by atoms with Gasteiger partial charge in [0.1, 0.15) is 6.10 Å². The molecule has 0 saturated carbocycles. The number of rotatable bonds is 8. The van der Waals surface area contributed by atoms with Gasteiger partial charge in [-0.05, 0) is 29.3 Å². The summed E-state index contributed by atoms with van der Waals surface area (Å²) in [6.07, 6.45) is -0.753.